The second-order valence-corrected chi connectivity index (χ2v) is 8.38. The topological polar surface area (TPSA) is 48.3 Å². The van der Waals surface area contributed by atoms with E-state index in [9.17, 15) is 4.79 Å². The monoisotopic (exact) mass is 408 g/mol. The smallest absolute Gasteiger partial charge is 0.289 e. The van der Waals surface area contributed by atoms with Gasteiger partial charge in [-0.1, -0.05) is 60.7 Å². The summed E-state index contributed by atoms with van der Waals surface area (Å²) in [5.41, 5.74) is 2.90. The van der Waals surface area contributed by atoms with E-state index in [4.69, 9.17) is 4.99 Å². The molecule has 1 atom stereocenters. The minimum atomic E-state index is -0.117. The van der Waals surface area contributed by atoms with Crippen LogP contribution in [0, 0.1) is 0 Å². The third-order valence-corrected chi connectivity index (χ3v) is 5.76. The molecule has 0 saturated heterocycles. The Labute approximate surface area is 177 Å². The maximum atomic E-state index is 13.1. The normalized spacial score (nSPS) is 18.0. The van der Waals surface area contributed by atoms with E-state index in [2.05, 4.69) is 22.1 Å². The van der Waals surface area contributed by atoms with Crippen LogP contribution in [-0.2, 0) is 17.1 Å². The molecular weight excluding hydrogens is 380 g/mol. The van der Waals surface area contributed by atoms with Crippen molar-refractivity contribution in [3.63, 3.8) is 0 Å². The molecule has 3 rings (SSSR count). The number of rotatable bonds is 9. The van der Waals surface area contributed by atoms with Gasteiger partial charge >= 0.3 is 0 Å². The lowest BCUT2D eigenvalue weighted by molar-refractivity contribution is -0.125. The van der Waals surface area contributed by atoms with Crippen LogP contribution in [0.1, 0.15) is 17.5 Å². The van der Waals surface area contributed by atoms with Crippen molar-refractivity contribution in [1.29, 1.82) is 0 Å². The summed E-state index contributed by atoms with van der Waals surface area (Å²) in [4.78, 5) is 20.0. The number of benzene rings is 2. The minimum absolute atomic E-state index is 0.0910. The average molecular weight is 409 g/mol. The van der Waals surface area contributed by atoms with E-state index in [0.29, 0.717) is 18.8 Å². The summed E-state index contributed by atoms with van der Waals surface area (Å²) in [6, 6.07) is 20.2. The van der Waals surface area contributed by atoms with E-state index >= 15 is 0 Å². The predicted octanol–water partition coefficient (Wildman–Crippen LogP) is 3.71. The SMILES string of the molecule is CN(C)CCCN=C1C(=O)N(Cc2ccccc2)N=CC1SCc1ccccc1. The Bertz CT molecular complexity index is 836. The highest BCUT2D eigenvalue weighted by molar-refractivity contribution is 8.00. The third-order valence-electron chi connectivity index (χ3n) is 4.56. The van der Waals surface area contributed by atoms with Gasteiger partial charge in [-0.25, -0.2) is 5.01 Å². The number of carbonyl (C=O) groups excluding carboxylic acids is 1. The molecule has 0 fully saturated rings. The van der Waals surface area contributed by atoms with E-state index in [1.165, 1.54) is 10.6 Å². The standard InChI is InChI=1S/C23H28N4OS/c1-26(2)15-9-14-24-22-21(29-18-20-12-7-4-8-13-20)16-25-27(23(22)28)17-19-10-5-3-6-11-19/h3-8,10-13,16,21H,9,14-15,17-18H2,1-2H3. The Hall–Kier alpha value is -2.44. The number of hydrogen-bond donors (Lipinski definition) is 0. The maximum absolute atomic E-state index is 13.1. The van der Waals surface area contributed by atoms with Crippen LogP contribution in [0.2, 0.25) is 0 Å². The van der Waals surface area contributed by atoms with Gasteiger partial charge in [0.25, 0.3) is 5.91 Å². The molecule has 29 heavy (non-hydrogen) atoms. The van der Waals surface area contributed by atoms with Crippen molar-refractivity contribution in [2.45, 2.75) is 24.0 Å². The molecule has 2 aromatic carbocycles. The quantitative estimate of drug-likeness (QED) is 0.594. The molecule has 1 aliphatic heterocycles. The van der Waals surface area contributed by atoms with Gasteiger partial charge in [0, 0.05) is 18.5 Å². The van der Waals surface area contributed by atoms with E-state index in [-0.39, 0.29) is 11.2 Å². The molecule has 0 bridgehead atoms. The number of aliphatic imine (C=N–C) groups is 1. The van der Waals surface area contributed by atoms with Crippen LogP contribution in [-0.4, -0.2) is 60.2 Å². The van der Waals surface area contributed by atoms with Crippen molar-refractivity contribution in [3.8, 4) is 0 Å². The van der Waals surface area contributed by atoms with Crippen molar-refractivity contribution < 1.29 is 4.79 Å². The van der Waals surface area contributed by atoms with Crippen LogP contribution in [0.5, 0.6) is 0 Å². The Morgan fingerprint density at radius 3 is 2.34 bits per heavy atom. The molecule has 1 amide bonds. The first-order chi connectivity index (χ1) is 14.1. The van der Waals surface area contributed by atoms with Crippen LogP contribution in [0.3, 0.4) is 0 Å². The van der Waals surface area contributed by atoms with Gasteiger partial charge in [0.15, 0.2) is 0 Å². The maximum Gasteiger partial charge on any atom is 0.289 e. The lowest BCUT2D eigenvalue weighted by Gasteiger charge is -2.26. The second kappa shape index (κ2) is 10.9. The zero-order valence-electron chi connectivity index (χ0n) is 17.1. The number of hydrogen-bond acceptors (Lipinski definition) is 5. The molecule has 5 nitrogen and oxygen atoms in total. The van der Waals surface area contributed by atoms with Gasteiger partial charge in [0.1, 0.15) is 5.71 Å². The van der Waals surface area contributed by atoms with Gasteiger partial charge in [-0.15, -0.1) is 11.8 Å². The first-order valence-corrected chi connectivity index (χ1v) is 10.9. The number of hydrazone groups is 1. The van der Waals surface area contributed by atoms with Gasteiger partial charge in [0.2, 0.25) is 0 Å². The Kier molecular flexibility index (Phi) is 8.02. The summed E-state index contributed by atoms with van der Waals surface area (Å²) in [5, 5.41) is 5.87. The van der Waals surface area contributed by atoms with Gasteiger partial charge in [0.05, 0.1) is 11.8 Å². The molecular formula is C23H28N4OS. The van der Waals surface area contributed by atoms with Crippen LogP contribution in [0.25, 0.3) is 0 Å². The minimum Gasteiger partial charge on any atom is -0.309 e. The second-order valence-electron chi connectivity index (χ2n) is 7.25. The molecule has 0 spiro atoms. The highest BCUT2D eigenvalue weighted by Crippen LogP contribution is 2.22. The molecule has 0 N–H and O–H groups in total. The van der Waals surface area contributed by atoms with E-state index in [0.717, 1.165) is 24.3 Å². The molecule has 2 aromatic rings. The fourth-order valence-corrected chi connectivity index (χ4v) is 4.05. The van der Waals surface area contributed by atoms with Crippen LogP contribution >= 0.6 is 11.8 Å². The largest absolute Gasteiger partial charge is 0.309 e. The Balaban J connectivity index is 1.72. The van der Waals surface area contributed by atoms with E-state index in [1.807, 2.05) is 68.8 Å². The van der Waals surface area contributed by atoms with Crippen molar-refractivity contribution in [2.75, 3.05) is 27.2 Å². The van der Waals surface area contributed by atoms with Crippen molar-refractivity contribution in [2.24, 2.45) is 10.1 Å². The van der Waals surface area contributed by atoms with Crippen molar-refractivity contribution in [3.05, 3.63) is 71.8 Å². The zero-order chi connectivity index (χ0) is 20.5. The number of nitrogens with zero attached hydrogens (tertiary/aromatic N) is 4. The molecule has 0 saturated carbocycles. The average Bonchev–Trinajstić information content (AvgIpc) is 2.74. The van der Waals surface area contributed by atoms with Gasteiger partial charge < -0.3 is 4.90 Å². The molecule has 6 heteroatoms. The number of thioether (sulfide) groups is 1. The first-order valence-electron chi connectivity index (χ1n) is 9.88. The molecule has 152 valence electrons. The van der Waals surface area contributed by atoms with Crippen LogP contribution in [0.15, 0.2) is 70.8 Å². The van der Waals surface area contributed by atoms with Crippen molar-refractivity contribution in [1.82, 2.24) is 9.91 Å². The lowest BCUT2D eigenvalue weighted by atomic mass is 10.2. The third kappa shape index (κ3) is 6.54. The fraction of sp³-hybridized carbons (Fsp3) is 0.348. The lowest BCUT2D eigenvalue weighted by Crippen LogP contribution is -2.43. The Morgan fingerprint density at radius 2 is 1.69 bits per heavy atom. The summed E-state index contributed by atoms with van der Waals surface area (Å²) >= 11 is 1.70. The highest BCUT2D eigenvalue weighted by Gasteiger charge is 2.30. The predicted molar refractivity (Wildman–Crippen MR) is 122 cm³/mol. The van der Waals surface area contributed by atoms with Crippen LogP contribution in [0.4, 0.5) is 0 Å². The highest BCUT2D eigenvalue weighted by atomic mass is 32.2. The molecule has 1 heterocycles. The molecule has 0 aromatic heterocycles. The summed E-state index contributed by atoms with van der Waals surface area (Å²) in [5.74, 6) is 0.729. The van der Waals surface area contributed by atoms with Crippen LogP contribution < -0.4 is 0 Å². The molecule has 0 aliphatic carbocycles. The van der Waals surface area contributed by atoms with Gasteiger partial charge in [-0.3, -0.25) is 9.79 Å². The summed E-state index contributed by atoms with van der Waals surface area (Å²) in [6.45, 7) is 2.06. The summed E-state index contributed by atoms with van der Waals surface area (Å²) < 4.78 is 0. The molecule has 1 aliphatic rings. The van der Waals surface area contributed by atoms with Crippen molar-refractivity contribution >= 4 is 29.6 Å². The Morgan fingerprint density at radius 1 is 1.03 bits per heavy atom. The summed E-state index contributed by atoms with van der Waals surface area (Å²) in [7, 11) is 4.09. The van der Waals surface area contributed by atoms with E-state index in [1.54, 1.807) is 11.8 Å². The fourth-order valence-electron chi connectivity index (χ4n) is 3.01. The summed E-state index contributed by atoms with van der Waals surface area (Å²) in [6.07, 6.45) is 2.79. The van der Waals surface area contributed by atoms with Gasteiger partial charge in [-0.05, 0) is 38.2 Å². The molecule has 1 unspecified atom stereocenters. The number of carbonyl (C=O) groups is 1. The zero-order valence-corrected chi connectivity index (χ0v) is 17.9. The molecule has 0 radical (unpaired) electrons. The van der Waals surface area contributed by atoms with E-state index < -0.39 is 0 Å². The number of amides is 1. The first kappa shape index (κ1) is 21.3. The van der Waals surface area contributed by atoms with Gasteiger partial charge in [-0.2, -0.15) is 5.10 Å².